The fourth-order valence-corrected chi connectivity index (χ4v) is 1.46. The van der Waals surface area contributed by atoms with Gasteiger partial charge in [-0.3, -0.25) is 4.79 Å². The van der Waals surface area contributed by atoms with Crippen LogP contribution in [0.25, 0.3) is 0 Å². The van der Waals surface area contributed by atoms with Gasteiger partial charge in [-0.25, -0.2) is 4.39 Å². The number of ether oxygens (including phenoxy) is 1. The molecule has 78 valence electrons. The lowest BCUT2D eigenvalue weighted by Gasteiger charge is -2.05. The molecule has 0 N–H and O–H groups in total. The molecule has 3 nitrogen and oxygen atoms in total. The molecule has 0 aromatic heterocycles. The minimum atomic E-state index is -0.598. The SMILES string of the molecule is COC(=O)Cc1c(C#N)ccc(Br)c1F. The molecule has 0 saturated heterocycles. The van der Waals surface area contributed by atoms with Gasteiger partial charge >= 0.3 is 5.97 Å². The third-order valence-electron chi connectivity index (χ3n) is 1.87. The van der Waals surface area contributed by atoms with Crippen molar-refractivity contribution >= 4 is 21.9 Å². The molecule has 0 atom stereocenters. The maximum Gasteiger partial charge on any atom is 0.310 e. The van der Waals surface area contributed by atoms with Crippen LogP contribution in [0.1, 0.15) is 11.1 Å². The van der Waals surface area contributed by atoms with Crippen LogP contribution in [0.5, 0.6) is 0 Å². The summed E-state index contributed by atoms with van der Waals surface area (Å²) in [7, 11) is 1.21. The van der Waals surface area contributed by atoms with Crippen molar-refractivity contribution in [2.75, 3.05) is 7.11 Å². The largest absolute Gasteiger partial charge is 0.469 e. The Morgan fingerprint density at radius 3 is 2.87 bits per heavy atom. The first-order valence-corrected chi connectivity index (χ1v) is 4.83. The standard InChI is InChI=1S/C10H7BrFNO2/c1-15-9(14)4-7-6(5-13)2-3-8(11)10(7)12/h2-3H,4H2,1H3. The summed E-state index contributed by atoms with van der Waals surface area (Å²) in [6.45, 7) is 0. The number of rotatable bonds is 2. The molecule has 5 heteroatoms. The van der Waals surface area contributed by atoms with Gasteiger partial charge in [-0.2, -0.15) is 5.26 Å². The zero-order chi connectivity index (χ0) is 11.4. The minimum Gasteiger partial charge on any atom is -0.469 e. The molecule has 0 radical (unpaired) electrons. The molecule has 0 heterocycles. The predicted octanol–water partition coefficient (Wildman–Crippen LogP) is 2.18. The number of hydrogen-bond acceptors (Lipinski definition) is 3. The molecule has 0 aliphatic carbocycles. The van der Waals surface area contributed by atoms with Gasteiger partial charge in [-0.15, -0.1) is 0 Å². The number of benzene rings is 1. The molecule has 0 bridgehead atoms. The van der Waals surface area contributed by atoms with Crippen molar-refractivity contribution < 1.29 is 13.9 Å². The van der Waals surface area contributed by atoms with Crippen molar-refractivity contribution in [2.45, 2.75) is 6.42 Å². The molecule has 0 amide bonds. The molecule has 1 aromatic carbocycles. The Kier molecular flexibility index (Phi) is 3.81. The van der Waals surface area contributed by atoms with Crippen LogP contribution in [-0.4, -0.2) is 13.1 Å². The third kappa shape index (κ3) is 2.54. The molecular formula is C10H7BrFNO2. The summed E-state index contributed by atoms with van der Waals surface area (Å²) in [5.74, 6) is -1.18. The van der Waals surface area contributed by atoms with E-state index in [4.69, 9.17) is 5.26 Å². The fraction of sp³-hybridized carbons (Fsp3) is 0.200. The minimum absolute atomic E-state index is 0.0544. The summed E-state index contributed by atoms with van der Waals surface area (Å²) in [6.07, 6.45) is -0.245. The number of nitrogens with zero attached hydrogens (tertiary/aromatic N) is 1. The van der Waals surface area contributed by atoms with Crippen molar-refractivity contribution in [3.8, 4) is 6.07 Å². The normalized spacial score (nSPS) is 9.47. The van der Waals surface area contributed by atoms with Crippen LogP contribution in [0.4, 0.5) is 4.39 Å². The highest BCUT2D eigenvalue weighted by molar-refractivity contribution is 9.10. The molecule has 15 heavy (non-hydrogen) atoms. The lowest BCUT2D eigenvalue weighted by atomic mass is 10.1. The van der Waals surface area contributed by atoms with E-state index in [1.54, 1.807) is 0 Å². The van der Waals surface area contributed by atoms with Gasteiger partial charge in [-0.1, -0.05) is 0 Å². The van der Waals surface area contributed by atoms with Gasteiger partial charge in [0.2, 0.25) is 0 Å². The first kappa shape index (κ1) is 11.7. The molecule has 0 saturated carbocycles. The van der Waals surface area contributed by atoms with E-state index in [1.807, 2.05) is 6.07 Å². The quantitative estimate of drug-likeness (QED) is 0.775. The number of methoxy groups -OCH3 is 1. The zero-order valence-corrected chi connectivity index (χ0v) is 9.47. The van der Waals surface area contributed by atoms with Gasteiger partial charge in [0.25, 0.3) is 0 Å². The summed E-state index contributed by atoms with van der Waals surface area (Å²) in [5.41, 5.74) is 0.194. The second kappa shape index (κ2) is 4.89. The Morgan fingerprint density at radius 1 is 1.67 bits per heavy atom. The molecule has 0 aliphatic rings. The van der Waals surface area contributed by atoms with E-state index in [0.29, 0.717) is 0 Å². The zero-order valence-electron chi connectivity index (χ0n) is 7.88. The van der Waals surface area contributed by atoms with Crippen LogP contribution in [-0.2, 0) is 16.0 Å². The van der Waals surface area contributed by atoms with Gasteiger partial charge in [-0.05, 0) is 28.1 Å². The highest BCUT2D eigenvalue weighted by Gasteiger charge is 2.15. The van der Waals surface area contributed by atoms with E-state index >= 15 is 0 Å². The molecule has 0 fully saturated rings. The van der Waals surface area contributed by atoms with Crippen LogP contribution in [0.15, 0.2) is 16.6 Å². The molecule has 0 spiro atoms. The first-order valence-electron chi connectivity index (χ1n) is 4.04. The summed E-state index contributed by atoms with van der Waals surface area (Å²) in [4.78, 5) is 11.0. The lowest BCUT2D eigenvalue weighted by Crippen LogP contribution is -2.08. The van der Waals surface area contributed by atoms with Crippen LogP contribution < -0.4 is 0 Å². The maximum absolute atomic E-state index is 13.5. The van der Waals surface area contributed by atoms with Gasteiger partial charge < -0.3 is 4.74 Å². The van der Waals surface area contributed by atoms with Crippen LogP contribution in [0.2, 0.25) is 0 Å². The van der Waals surface area contributed by atoms with Gasteiger partial charge in [0.1, 0.15) is 5.82 Å². The number of halogens is 2. The summed E-state index contributed by atoms with van der Waals surface area (Å²) in [6, 6.07) is 4.70. The molecular weight excluding hydrogens is 265 g/mol. The topological polar surface area (TPSA) is 50.1 Å². The number of esters is 1. The van der Waals surface area contributed by atoms with E-state index in [2.05, 4.69) is 20.7 Å². The summed E-state index contributed by atoms with van der Waals surface area (Å²) >= 11 is 2.98. The Morgan fingerprint density at radius 2 is 2.33 bits per heavy atom. The van der Waals surface area contributed by atoms with Crippen LogP contribution >= 0.6 is 15.9 Å². The van der Waals surface area contributed by atoms with Crippen LogP contribution in [0.3, 0.4) is 0 Å². The van der Waals surface area contributed by atoms with Gasteiger partial charge in [0.05, 0.1) is 29.6 Å². The Bertz CT molecular complexity index is 440. The van der Waals surface area contributed by atoms with E-state index in [1.165, 1.54) is 19.2 Å². The van der Waals surface area contributed by atoms with Crippen molar-refractivity contribution in [1.29, 1.82) is 5.26 Å². The first-order chi connectivity index (χ1) is 7.10. The molecule has 1 aromatic rings. The van der Waals surface area contributed by atoms with Gasteiger partial charge in [0.15, 0.2) is 0 Å². The molecule has 1 rings (SSSR count). The number of carbonyl (C=O) groups excluding carboxylic acids is 1. The highest BCUT2D eigenvalue weighted by atomic mass is 79.9. The average molecular weight is 272 g/mol. The number of hydrogen-bond donors (Lipinski definition) is 0. The second-order valence-corrected chi connectivity index (χ2v) is 3.61. The highest BCUT2D eigenvalue weighted by Crippen LogP contribution is 2.22. The summed E-state index contributed by atoms with van der Waals surface area (Å²) < 4.78 is 18.2. The number of carbonyl (C=O) groups is 1. The predicted molar refractivity (Wildman–Crippen MR) is 54.5 cm³/mol. The van der Waals surface area contributed by atoms with E-state index in [9.17, 15) is 9.18 Å². The monoisotopic (exact) mass is 271 g/mol. The molecule has 0 unspecified atom stereocenters. The Balaban J connectivity index is 3.19. The Labute approximate surface area is 94.6 Å². The molecule has 0 aliphatic heterocycles. The van der Waals surface area contributed by atoms with Crippen molar-refractivity contribution in [1.82, 2.24) is 0 Å². The van der Waals surface area contributed by atoms with E-state index in [0.717, 1.165) is 0 Å². The van der Waals surface area contributed by atoms with E-state index in [-0.39, 0.29) is 22.0 Å². The van der Waals surface area contributed by atoms with E-state index < -0.39 is 11.8 Å². The number of nitriles is 1. The Hall–Kier alpha value is -1.41. The smallest absolute Gasteiger partial charge is 0.310 e. The van der Waals surface area contributed by atoms with Crippen molar-refractivity contribution in [3.05, 3.63) is 33.5 Å². The van der Waals surface area contributed by atoms with Crippen molar-refractivity contribution in [2.24, 2.45) is 0 Å². The third-order valence-corrected chi connectivity index (χ3v) is 2.48. The van der Waals surface area contributed by atoms with Gasteiger partial charge in [0, 0.05) is 5.56 Å². The summed E-state index contributed by atoms with van der Waals surface area (Å²) in [5, 5.41) is 8.74. The van der Waals surface area contributed by atoms with Crippen LogP contribution in [0, 0.1) is 17.1 Å². The average Bonchev–Trinajstić information content (AvgIpc) is 2.25. The fourth-order valence-electron chi connectivity index (χ4n) is 1.09. The van der Waals surface area contributed by atoms with Crippen molar-refractivity contribution in [3.63, 3.8) is 0 Å². The second-order valence-electron chi connectivity index (χ2n) is 2.75. The maximum atomic E-state index is 13.5. The lowest BCUT2D eigenvalue weighted by molar-refractivity contribution is -0.139.